The molecule has 0 aromatic rings. The summed E-state index contributed by atoms with van der Waals surface area (Å²) in [6, 6.07) is 0. The number of hydrogen-bond donors (Lipinski definition) is 0. The normalized spacial score (nSPS) is 13.0. The molecule has 2 unspecified atom stereocenters. The van der Waals surface area contributed by atoms with E-state index in [0.29, 0.717) is 17.4 Å². The molecule has 0 amide bonds. The van der Waals surface area contributed by atoms with Crippen molar-refractivity contribution in [3.05, 3.63) is 36.5 Å². The van der Waals surface area contributed by atoms with E-state index >= 15 is 0 Å². The van der Waals surface area contributed by atoms with Gasteiger partial charge in [0.15, 0.2) is 6.10 Å². The average molecular weight is 1470 g/mol. The zero-order chi connectivity index (χ0) is 74.7. The first kappa shape index (κ1) is 101. The van der Waals surface area contributed by atoms with Gasteiger partial charge >= 0.3 is 11.9 Å². The molecule has 0 aromatic carbocycles. The number of carbonyl (C=O) groups is 2. The van der Waals surface area contributed by atoms with Crippen LogP contribution in [0.2, 0.25) is 0 Å². The van der Waals surface area contributed by atoms with E-state index in [1.54, 1.807) is 0 Å². The molecule has 0 aliphatic carbocycles. The highest BCUT2D eigenvalue weighted by molar-refractivity contribution is 7.45. The van der Waals surface area contributed by atoms with Gasteiger partial charge in [-0.25, -0.2) is 0 Å². The summed E-state index contributed by atoms with van der Waals surface area (Å²) in [6.07, 6.45) is 112. The number of unbranched alkanes of at least 4 members (excludes halogenated alkanes) is 68. The van der Waals surface area contributed by atoms with Gasteiger partial charge in [-0.2, -0.15) is 0 Å². The molecule has 0 rings (SSSR count). The van der Waals surface area contributed by atoms with Crippen LogP contribution in [0.25, 0.3) is 0 Å². The lowest BCUT2D eigenvalue weighted by atomic mass is 10.0. The second kappa shape index (κ2) is 84.3. The van der Waals surface area contributed by atoms with Gasteiger partial charge in [0, 0.05) is 12.8 Å². The second-order valence-electron chi connectivity index (χ2n) is 33.0. The van der Waals surface area contributed by atoms with Crippen LogP contribution >= 0.6 is 7.82 Å². The van der Waals surface area contributed by atoms with Crippen LogP contribution in [0, 0.1) is 0 Å². The number of nitrogens with zero attached hydrogens (tertiary/aromatic N) is 1. The fourth-order valence-corrected chi connectivity index (χ4v) is 15.1. The quantitative estimate of drug-likeness (QED) is 0.0195. The summed E-state index contributed by atoms with van der Waals surface area (Å²) >= 11 is 0. The van der Waals surface area contributed by atoms with Gasteiger partial charge in [-0.1, -0.05) is 468 Å². The Morgan fingerprint density at radius 3 is 0.777 bits per heavy atom. The van der Waals surface area contributed by atoms with E-state index in [4.69, 9.17) is 18.5 Å². The molecule has 2 atom stereocenters. The molecule has 0 fully saturated rings. The van der Waals surface area contributed by atoms with Gasteiger partial charge in [0.2, 0.25) is 0 Å². The number of quaternary nitrogens is 1. The number of ether oxygens (including phenoxy) is 2. The van der Waals surface area contributed by atoms with Crippen LogP contribution in [0.4, 0.5) is 0 Å². The fraction of sp³-hybridized carbons (Fsp3) is 0.914. The highest BCUT2D eigenvalue weighted by atomic mass is 31.2. The molecule has 610 valence electrons. The number of carbonyl (C=O) groups excluding carboxylic acids is 2. The summed E-state index contributed by atoms with van der Waals surface area (Å²) < 4.78 is 34.5. The molecule has 103 heavy (non-hydrogen) atoms. The van der Waals surface area contributed by atoms with E-state index in [1.165, 1.54) is 417 Å². The summed E-state index contributed by atoms with van der Waals surface area (Å²) in [4.78, 5) is 38.3. The van der Waals surface area contributed by atoms with Gasteiger partial charge in [0.1, 0.15) is 19.8 Å². The van der Waals surface area contributed by atoms with Gasteiger partial charge < -0.3 is 27.9 Å². The first-order chi connectivity index (χ1) is 50.5. The zero-order valence-corrected chi connectivity index (χ0v) is 71.0. The second-order valence-corrected chi connectivity index (χ2v) is 34.4. The molecule has 0 spiro atoms. The standard InChI is InChI=1S/C93H180NO8P/c1-6-8-10-12-14-16-18-20-22-24-26-28-30-32-34-36-38-40-42-44-46-48-49-51-53-55-57-59-61-63-65-67-69-71-73-75-77-79-81-83-85-92(95)99-89-91(90-101-103(97,98)100-88-87-94(3,4)5)102-93(96)86-84-82-80-78-76-74-72-70-68-66-64-62-60-58-56-54-52-50-47-45-43-41-39-37-35-33-31-29-27-25-23-21-19-17-15-13-11-9-7-2/h19,21,25,27,31,33,91H,6-18,20,22-24,26,28-30,32,34-90H2,1-5H3/b21-19-,27-25-,33-31-. The maximum Gasteiger partial charge on any atom is 0.306 e. The van der Waals surface area contributed by atoms with E-state index in [9.17, 15) is 19.0 Å². The van der Waals surface area contributed by atoms with E-state index < -0.39 is 26.5 Å². The van der Waals surface area contributed by atoms with Crippen molar-refractivity contribution in [3.8, 4) is 0 Å². The van der Waals surface area contributed by atoms with E-state index in [1.807, 2.05) is 21.1 Å². The molecule has 0 heterocycles. The molecule has 0 aliphatic heterocycles. The van der Waals surface area contributed by atoms with Crippen LogP contribution in [0.5, 0.6) is 0 Å². The van der Waals surface area contributed by atoms with Gasteiger partial charge in [0.25, 0.3) is 7.82 Å². The van der Waals surface area contributed by atoms with E-state index in [0.717, 1.165) is 44.9 Å². The van der Waals surface area contributed by atoms with Crippen molar-refractivity contribution in [2.45, 2.75) is 502 Å². The van der Waals surface area contributed by atoms with E-state index in [-0.39, 0.29) is 32.0 Å². The summed E-state index contributed by atoms with van der Waals surface area (Å²) in [5.74, 6) is -0.802. The highest BCUT2D eigenvalue weighted by Gasteiger charge is 2.22. The summed E-state index contributed by atoms with van der Waals surface area (Å²) in [7, 11) is 1.20. The zero-order valence-electron chi connectivity index (χ0n) is 70.1. The molecule has 0 aromatic heterocycles. The Kier molecular flexibility index (Phi) is 82.8. The Hall–Kier alpha value is -1.77. The molecular formula is C93H180NO8P. The van der Waals surface area contributed by atoms with Crippen molar-refractivity contribution in [1.82, 2.24) is 0 Å². The number of esters is 2. The Balaban J connectivity index is 3.82. The number of allylic oxidation sites excluding steroid dienone is 6. The van der Waals surface area contributed by atoms with Crippen molar-refractivity contribution in [3.63, 3.8) is 0 Å². The average Bonchev–Trinajstić information content (AvgIpc) is 1.01. The van der Waals surface area contributed by atoms with Crippen molar-refractivity contribution >= 4 is 19.8 Å². The van der Waals surface area contributed by atoms with Crippen molar-refractivity contribution < 1.29 is 42.1 Å². The van der Waals surface area contributed by atoms with Crippen LogP contribution in [0.3, 0.4) is 0 Å². The molecule has 0 N–H and O–H groups in total. The fourth-order valence-electron chi connectivity index (χ4n) is 14.4. The maximum absolute atomic E-state index is 12.9. The van der Waals surface area contributed by atoms with Crippen LogP contribution in [-0.4, -0.2) is 70.0 Å². The molecule has 10 heteroatoms. The predicted molar refractivity (Wildman–Crippen MR) is 448 cm³/mol. The summed E-state index contributed by atoms with van der Waals surface area (Å²) in [5, 5.41) is 0. The number of phosphoric acid groups is 1. The van der Waals surface area contributed by atoms with Crippen LogP contribution in [0.15, 0.2) is 36.5 Å². The number of rotatable bonds is 88. The Labute approximate surface area is 643 Å². The Morgan fingerprint density at radius 2 is 0.524 bits per heavy atom. The van der Waals surface area contributed by atoms with Gasteiger partial charge in [0.05, 0.1) is 27.7 Å². The molecule has 0 saturated heterocycles. The number of likely N-dealkylation sites (N-methyl/N-ethyl adjacent to an activating group) is 1. The largest absolute Gasteiger partial charge is 0.756 e. The Morgan fingerprint density at radius 1 is 0.301 bits per heavy atom. The van der Waals surface area contributed by atoms with Gasteiger partial charge in [-0.3, -0.25) is 14.2 Å². The minimum atomic E-state index is -4.65. The first-order valence-electron chi connectivity index (χ1n) is 46.2. The predicted octanol–water partition coefficient (Wildman–Crippen LogP) is 30.6. The first-order valence-corrected chi connectivity index (χ1v) is 47.7. The SMILES string of the molecule is CCCCCCC/C=C\C/C=C\C/C=C\CCCCCCCCCCCCCCCCCCCCCCCCCCC(=O)OC(COC(=O)CCCCCCCCCCCCCCCCCCCCCCCCCCCCCCCCCCCCCCCCCC)COP(=O)([O-])OCC[N+](C)(C)C. The molecular weight excluding hydrogens is 1290 g/mol. The van der Waals surface area contributed by atoms with Crippen LogP contribution in [0.1, 0.15) is 495 Å². The lowest BCUT2D eigenvalue weighted by Gasteiger charge is -2.28. The highest BCUT2D eigenvalue weighted by Crippen LogP contribution is 2.38. The molecule has 0 radical (unpaired) electrons. The molecule has 0 saturated carbocycles. The van der Waals surface area contributed by atoms with Crippen LogP contribution < -0.4 is 4.89 Å². The lowest BCUT2D eigenvalue weighted by Crippen LogP contribution is -2.37. The van der Waals surface area contributed by atoms with Crippen molar-refractivity contribution in [1.29, 1.82) is 0 Å². The molecule has 9 nitrogen and oxygen atoms in total. The third-order valence-corrected chi connectivity index (χ3v) is 22.4. The molecule has 0 aliphatic rings. The minimum absolute atomic E-state index is 0.0265. The lowest BCUT2D eigenvalue weighted by molar-refractivity contribution is -0.870. The minimum Gasteiger partial charge on any atom is -0.756 e. The Bertz CT molecular complexity index is 1830. The van der Waals surface area contributed by atoms with Crippen LogP contribution in [-0.2, 0) is 32.7 Å². The monoisotopic (exact) mass is 1470 g/mol. The number of hydrogen-bond acceptors (Lipinski definition) is 8. The van der Waals surface area contributed by atoms with E-state index in [2.05, 4.69) is 50.3 Å². The third-order valence-electron chi connectivity index (χ3n) is 21.4. The maximum atomic E-state index is 12.9. The van der Waals surface area contributed by atoms with Crippen molar-refractivity contribution in [2.24, 2.45) is 0 Å². The summed E-state index contributed by atoms with van der Waals surface area (Å²) in [6.45, 7) is 4.33. The number of phosphoric ester groups is 1. The smallest absolute Gasteiger partial charge is 0.306 e. The summed E-state index contributed by atoms with van der Waals surface area (Å²) in [5.41, 5.74) is 0. The van der Waals surface area contributed by atoms with Gasteiger partial charge in [-0.05, 0) is 51.4 Å². The topological polar surface area (TPSA) is 111 Å². The molecule has 0 bridgehead atoms. The van der Waals surface area contributed by atoms with Crippen molar-refractivity contribution in [2.75, 3.05) is 47.5 Å². The van der Waals surface area contributed by atoms with Gasteiger partial charge in [-0.15, -0.1) is 0 Å². The third kappa shape index (κ3) is 89.0.